The van der Waals surface area contributed by atoms with Gasteiger partial charge in [0.05, 0.1) is 16.1 Å². The minimum Gasteiger partial charge on any atom is -0.329 e. The summed E-state index contributed by atoms with van der Waals surface area (Å²) in [6.07, 6.45) is 2.41. The Hall–Kier alpha value is -1.06. The topological polar surface area (TPSA) is 37.4 Å². The number of carbonyl (C=O) groups excluding carboxylic acids is 2. The molecule has 1 heterocycles. The second-order valence-electron chi connectivity index (χ2n) is 3.97. The van der Waals surface area contributed by atoms with Gasteiger partial charge >= 0.3 is 0 Å². The third kappa shape index (κ3) is 2.45. The molecule has 0 spiro atoms. The van der Waals surface area contributed by atoms with Gasteiger partial charge in [-0.15, -0.1) is 0 Å². The van der Waals surface area contributed by atoms with Gasteiger partial charge in [0, 0.05) is 12.1 Å². The Morgan fingerprint density at radius 2 is 2.12 bits per heavy atom. The van der Waals surface area contributed by atoms with Crippen molar-refractivity contribution in [2.45, 2.75) is 18.9 Å². The number of amides is 1. The van der Waals surface area contributed by atoms with E-state index in [1.807, 2.05) is 0 Å². The van der Waals surface area contributed by atoms with Crippen LogP contribution in [0, 0.1) is 0 Å². The number of nitrogens with zero attached hydrogens (tertiary/aromatic N) is 1. The molecule has 1 fully saturated rings. The maximum Gasteiger partial charge on any atom is 0.254 e. The standard InChI is InChI=1S/C12H11Cl2NO2/c13-10-4-3-8(6-11(10)14)12(17)15-5-1-2-9(15)7-16/h3-4,6-7,9H,1-2,5H2. The second kappa shape index (κ2) is 5.07. The van der Waals surface area contributed by atoms with Gasteiger partial charge in [0.25, 0.3) is 5.91 Å². The fourth-order valence-electron chi connectivity index (χ4n) is 1.98. The van der Waals surface area contributed by atoms with Crippen molar-refractivity contribution in [3.63, 3.8) is 0 Å². The van der Waals surface area contributed by atoms with Crippen LogP contribution in [0.5, 0.6) is 0 Å². The zero-order valence-electron chi connectivity index (χ0n) is 9.03. The molecular formula is C12H11Cl2NO2. The van der Waals surface area contributed by atoms with E-state index in [0.717, 1.165) is 19.1 Å². The Morgan fingerprint density at radius 3 is 2.76 bits per heavy atom. The van der Waals surface area contributed by atoms with Crippen LogP contribution in [-0.4, -0.2) is 29.7 Å². The van der Waals surface area contributed by atoms with Gasteiger partial charge in [0.15, 0.2) is 0 Å². The highest BCUT2D eigenvalue weighted by Crippen LogP contribution is 2.25. The molecule has 0 bridgehead atoms. The van der Waals surface area contributed by atoms with Crippen molar-refractivity contribution in [1.82, 2.24) is 4.90 Å². The van der Waals surface area contributed by atoms with E-state index >= 15 is 0 Å². The van der Waals surface area contributed by atoms with Crippen LogP contribution in [0.15, 0.2) is 18.2 Å². The number of benzene rings is 1. The molecule has 0 N–H and O–H groups in total. The molecule has 0 aliphatic carbocycles. The molecule has 0 saturated carbocycles. The molecule has 1 unspecified atom stereocenters. The first-order valence-corrected chi connectivity index (χ1v) is 6.10. The first-order chi connectivity index (χ1) is 8.13. The van der Waals surface area contributed by atoms with Crippen LogP contribution >= 0.6 is 23.2 Å². The summed E-state index contributed by atoms with van der Waals surface area (Å²) in [4.78, 5) is 24.6. The Kier molecular flexibility index (Phi) is 3.69. The summed E-state index contributed by atoms with van der Waals surface area (Å²) < 4.78 is 0. The van der Waals surface area contributed by atoms with E-state index in [4.69, 9.17) is 23.2 Å². The van der Waals surface area contributed by atoms with Crippen molar-refractivity contribution in [2.75, 3.05) is 6.54 Å². The van der Waals surface area contributed by atoms with Gasteiger partial charge in [-0.2, -0.15) is 0 Å². The normalized spacial score (nSPS) is 19.4. The number of hydrogen-bond acceptors (Lipinski definition) is 2. The second-order valence-corrected chi connectivity index (χ2v) is 4.79. The summed E-state index contributed by atoms with van der Waals surface area (Å²) in [6.45, 7) is 0.614. The third-order valence-corrected chi connectivity index (χ3v) is 3.62. The fourth-order valence-corrected chi connectivity index (χ4v) is 2.28. The molecule has 90 valence electrons. The van der Waals surface area contributed by atoms with Crippen LogP contribution in [0.4, 0.5) is 0 Å². The predicted molar refractivity (Wildman–Crippen MR) is 66.6 cm³/mol. The summed E-state index contributed by atoms with van der Waals surface area (Å²) in [5.74, 6) is -0.168. The summed E-state index contributed by atoms with van der Waals surface area (Å²) in [5, 5.41) is 0.760. The van der Waals surface area contributed by atoms with Gasteiger partial charge in [0.2, 0.25) is 0 Å². The number of halogens is 2. The Bertz CT molecular complexity index is 462. The molecule has 0 aromatic heterocycles. The summed E-state index contributed by atoms with van der Waals surface area (Å²) >= 11 is 11.7. The maximum absolute atomic E-state index is 12.1. The highest BCUT2D eigenvalue weighted by atomic mass is 35.5. The molecule has 1 atom stereocenters. The summed E-state index contributed by atoms with van der Waals surface area (Å²) in [5.41, 5.74) is 0.466. The van der Waals surface area contributed by atoms with Gasteiger partial charge in [-0.05, 0) is 31.0 Å². The zero-order valence-corrected chi connectivity index (χ0v) is 10.5. The van der Waals surface area contributed by atoms with E-state index in [1.54, 1.807) is 17.0 Å². The molecule has 0 radical (unpaired) electrons. The first kappa shape index (κ1) is 12.4. The van der Waals surface area contributed by atoms with E-state index in [0.29, 0.717) is 22.2 Å². The van der Waals surface area contributed by atoms with Crippen molar-refractivity contribution in [3.8, 4) is 0 Å². The number of aldehydes is 1. The van der Waals surface area contributed by atoms with Crippen molar-refractivity contribution in [3.05, 3.63) is 33.8 Å². The summed E-state index contributed by atoms with van der Waals surface area (Å²) in [6, 6.07) is 4.43. The third-order valence-electron chi connectivity index (χ3n) is 2.88. The molecule has 17 heavy (non-hydrogen) atoms. The lowest BCUT2D eigenvalue weighted by Crippen LogP contribution is -2.36. The molecule has 1 amide bonds. The molecule has 1 aromatic carbocycles. The molecule has 2 rings (SSSR count). The van der Waals surface area contributed by atoms with Crippen molar-refractivity contribution >= 4 is 35.4 Å². The zero-order chi connectivity index (χ0) is 12.4. The van der Waals surface area contributed by atoms with Crippen LogP contribution in [0.2, 0.25) is 10.0 Å². The SMILES string of the molecule is O=CC1CCCN1C(=O)c1ccc(Cl)c(Cl)c1. The molecule has 3 nitrogen and oxygen atoms in total. The first-order valence-electron chi connectivity index (χ1n) is 5.35. The lowest BCUT2D eigenvalue weighted by molar-refractivity contribution is -0.111. The number of hydrogen-bond donors (Lipinski definition) is 0. The molecule has 1 saturated heterocycles. The largest absolute Gasteiger partial charge is 0.329 e. The molecular weight excluding hydrogens is 261 g/mol. The monoisotopic (exact) mass is 271 g/mol. The van der Waals surface area contributed by atoms with Crippen LogP contribution in [0.3, 0.4) is 0 Å². The van der Waals surface area contributed by atoms with E-state index in [2.05, 4.69) is 0 Å². The van der Waals surface area contributed by atoms with Crippen molar-refractivity contribution in [2.24, 2.45) is 0 Å². The molecule has 1 aliphatic rings. The molecule has 1 aliphatic heterocycles. The predicted octanol–water partition coefficient (Wildman–Crippen LogP) is 2.80. The minimum absolute atomic E-state index is 0.168. The lowest BCUT2D eigenvalue weighted by Gasteiger charge is -2.20. The fraction of sp³-hybridized carbons (Fsp3) is 0.333. The van der Waals surface area contributed by atoms with Gasteiger partial charge in [0.1, 0.15) is 6.29 Å². The van der Waals surface area contributed by atoms with Crippen LogP contribution in [0.25, 0.3) is 0 Å². The summed E-state index contributed by atoms with van der Waals surface area (Å²) in [7, 11) is 0. The van der Waals surface area contributed by atoms with E-state index < -0.39 is 0 Å². The number of rotatable bonds is 2. The highest BCUT2D eigenvalue weighted by Gasteiger charge is 2.29. The molecule has 1 aromatic rings. The van der Waals surface area contributed by atoms with Crippen LogP contribution in [-0.2, 0) is 4.79 Å². The van der Waals surface area contributed by atoms with Crippen molar-refractivity contribution < 1.29 is 9.59 Å². The van der Waals surface area contributed by atoms with Gasteiger partial charge < -0.3 is 9.69 Å². The van der Waals surface area contributed by atoms with E-state index in [9.17, 15) is 9.59 Å². The lowest BCUT2D eigenvalue weighted by atomic mass is 10.2. The number of likely N-dealkylation sites (tertiary alicyclic amines) is 1. The van der Waals surface area contributed by atoms with Crippen LogP contribution < -0.4 is 0 Å². The Morgan fingerprint density at radius 1 is 1.35 bits per heavy atom. The number of carbonyl (C=O) groups is 2. The van der Waals surface area contributed by atoms with Gasteiger partial charge in [-0.25, -0.2) is 0 Å². The maximum atomic E-state index is 12.1. The van der Waals surface area contributed by atoms with Gasteiger partial charge in [-0.1, -0.05) is 23.2 Å². The smallest absolute Gasteiger partial charge is 0.254 e. The quantitative estimate of drug-likeness (QED) is 0.776. The van der Waals surface area contributed by atoms with E-state index in [-0.39, 0.29) is 11.9 Å². The minimum atomic E-state index is -0.308. The Balaban J connectivity index is 2.24. The average Bonchev–Trinajstić information content (AvgIpc) is 2.80. The Labute approximate surface area is 109 Å². The molecule has 5 heteroatoms. The van der Waals surface area contributed by atoms with Gasteiger partial charge in [-0.3, -0.25) is 4.79 Å². The average molecular weight is 272 g/mol. The van der Waals surface area contributed by atoms with Crippen LogP contribution in [0.1, 0.15) is 23.2 Å². The van der Waals surface area contributed by atoms with Crippen molar-refractivity contribution in [1.29, 1.82) is 0 Å². The van der Waals surface area contributed by atoms with E-state index in [1.165, 1.54) is 6.07 Å². The highest BCUT2D eigenvalue weighted by molar-refractivity contribution is 6.42.